The molecule has 0 aliphatic heterocycles. The number of halogens is 2. The fraction of sp³-hybridized carbons (Fsp3) is 0.600. The van der Waals surface area contributed by atoms with E-state index in [4.69, 9.17) is 0 Å². The molecule has 0 nitrogen and oxygen atoms in total. The summed E-state index contributed by atoms with van der Waals surface area (Å²) in [5, 5.41) is 0. The average molecular weight is 487 g/mol. The molecule has 0 fully saturated rings. The molecule has 0 aromatic heterocycles. The molecule has 0 N–H and O–H groups in total. The van der Waals surface area contributed by atoms with Gasteiger partial charge in [0.25, 0.3) is 0 Å². The van der Waals surface area contributed by atoms with Crippen molar-refractivity contribution in [2.24, 2.45) is 5.41 Å². The summed E-state index contributed by atoms with van der Waals surface area (Å²) in [5.41, 5.74) is 4.39. The van der Waals surface area contributed by atoms with Crippen LogP contribution in [-0.2, 0) is 13.7 Å². The summed E-state index contributed by atoms with van der Waals surface area (Å²) in [4.78, 5) is 0. The molecule has 0 aromatic rings. The van der Waals surface area contributed by atoms with E-state index in [1.165, 1.54) is 16.7 Å². The molecule has 1 aliphatic carbocycles. The molecule has 1 aliphatic rings. The van der Waals surface area contributed by atoms with Crippen molar-refractivity contribution >= 4 is 27.0 Å². The van der Waals surface area contributed by atoms with Gasteiger partial charge < -0.3 is 0 Å². The van der Waals surface area contributed by atoms with Gasteiger partial charge in [0, 0.05) is 0 Å². The first-order valence-corrected chi connectivity index (χ1v) is 14.5. The Balaban J connectivity index is 0.000000424. The normalized spacial score (nSPS) is 19.8. The van der Waals surface area contributed by atoms with Gasteiger partial charge >= 0.3 is 40.7 Å². The first-order valence-electron chi connectivity index (χ1n) is 4.00. The van der Waals surface area contributed by atoms with E-state index in [0.29, 0.717) is 0 Å². The van der Waals surface area contributed by atoms with E-state index in [1.54, 1.807) is 0 Å². The first kappa shape index (κ1) is 14.1. The summed E-state index contributed by atoms with van der Waals surface area (Å²) >= 11 is 6.50. The molecule has 0 amide bonds. The van der Waals surface area contributed by atoms with Crippen molar-refractivity contribution < 1.29 is 13.7 Å². The van der Waals surface area contributed by atoms with Crippen LogP contribution in [0.5, 0.6) is 0 Å². The van der Waals surface area contributed by atoms with Gasteiger partial charge in [-0.25, -0.2) is 5.57 Å². The van der Waals surface area contributed by atoms with Crippen LogP contribution in [0.3, 0.4) is 0 Å². The predicted molar refractivity (Wildman–Crippen MR) is 62.4 cm³/mol. The summed E-state index contributed by atoms with van der Waals surface area (Å²) in [7, 11) is 0. The van der Waals surface area contributed by atoms with Crippen molar-refractivity contribution in [3.63, 3.8) is 0 Å². The molecular formula is C10H15Br2Ir. The molecule has 0 spiro atoms. The zero-order valence-corrected chi connectivity index (χ0v) is 14.2. The molecule has 13 heavy (non-hydrogen) atoms. The van der Waals surface area contributed by atoms with Crippen molar-refractivity contribution in [2.45, 2.75) is 34.6 Å². The van der Waals surface area contributed by atoms with Crippen LogP contribution < -0.4 is 0 Å². The molecule has 0 bridgehead atoms. The van der Waals surface area contributed by atoms with Crippen LogP contribution in [0.25, 0.3) is 0 Å². The zero-order valence-electron chi connectivity index (χ0n) is 8.59. The van der Waals surface area contributed by atoms with Crippen LogP contribution in [0, 0.1) is 11.5 Å². The van der Waals surface area contributed by atoms with E-state index < -0.39 is 0 Å². The van der Waals surface area contributed by atoms with Gasteiger partial charge in [-0.2, -0.15) is 11.1 Å². The molecule has 0 radical (unpaired) electrons. The Morgan fingerprint density at radius 1 is 1.15 bits per heavy atom. The van der Waals surface area contributed by atoms with Crippen molar-refractivity contribution in [3.05, 3.63) is 22.8 Å². The first-order chi connectivity index (χ1) is 5.86. The van der Waals surface area contributed by atoms with E-state index in [-0.39, 0.29) is 19.1 Å². The van der Waals surface area contributed by atoms with Gasteiger partial charge in [0.2, 0.25) is 0 Å². The second kappa shape index (κ2) is 5.85. The number of hydrogen-bond acceptors (Lipinski definition) is 0. The molecular weight excluding hydrogens is 472 g/mol. The Kier molecular flexibility index (Phi) is 6.34. The SMILES string of the molecule is CC1=[C-]C(C)(C)C(C)=C1C.[Br][Ir+][Br]. The van der Waals surface area contributed by atoms with Gasteiger partial charge in [0.15, 0.2) is 0 Å². The summed E-state index contributed by atoms with van der Waals surface area (Å²) < 4.78 is 0. The van der Waals surface area contributed by atoms with E-state index in [0.717, 1.165) is 0 Å². The van der Waals surface area contributed by atoms with Gasteiger partial charge in [-0.3, -0.25) is 6.08 Å². The third-order valence-corrected chi connectivity index (χ3v) is 2.56. The van der Waals surface area contributed by atoms with Crippen molar-refractivity contribution in [2.75, 3.05) is 0 Å². The average Bonchev–Trinajstić information content (AvgIpc) is 2.16. The second-order valence-electron chi connectivity index (χ2n) is 3.67. The fourth-order valence-corrected chi connectivity index (χ4v) is 1.41. The predicted octanol–water partition coefficient (Wildman–Crippen LogP) is 4.80. The summed E-state index contributed by atoms with van der Waals surface area (Å²) in [5.74, 6) is 0. The topological polar surface area (TPSA) is 0 Å². The summed E-state index contributed by atoms with van der Waals surface area (Å²) in [6, 6.07) is 0. The van der Waals surface area contributed by atoms with Gasteiger partial charge in [0.05, 0.1) is 0 Å². The number of hydrogen-bond donors (Lipinski definition) is 0. The van der Waals surface area contributed by atoms with Gasteiger partial charge in [-0.1, -0.05) is 33.1 Å². The maximum absolute atomic E-state index is 3.44. The Morgan fingerprint density at radius 2 is 1.54 bits per heavy atom. The minimum absolute atomic E-state index is 0.125. The van der Waals surface area contributed by atoms with E-state index >= 15 is 0 Å². The quantitative estimate of drug-likeness (QED) is 0.431. The maximum atomic E-state index is 3.44. The van der Waals surface area contributed by atoms with Crippen LogP contribution in [0.1, 0.15) is 34.6 Å². The van der Waals surface area contributed by atoms with Crippen LogP contribution in [0.4, 0.5) is 0 Å². The molecule has 0 unspecified atom stereocenters. The monoisotopic (exact) mass is 486 g/mol. The third-order valence-electron chi connectivity index (χ3n) is 2.56. The van der Waals surface area contributed by atoms with Gasteiger partial charge in [-0.05, 0) is 0 Å². The molecule has 0 saturated carbocycles. The molecule has 0 saturated heterocycles. The Bertz CT molecular complexity index is 239. The Hall–Kier alpha value is 1.09. The Labute approximate surface area is 103 Å². The molecule has 78 valence electrons. The number of allylic oxidation sites excluding steroid dienone is 4. The summed E-state index contributed by atoms with van der Waals surface area (Å²) in [6.45, 7) is 10.9. The third kappa shape index (κ3) is 3.99. The van der Waals surface area contributed by atoms with Crippen molar-refractivity contribution in [1.82, 2.24) is 0 Å². The molecule has 0 heterocycles. The van der Waals surface area contributed by atoms with E-state index in [2.05, 4.69) is 67.7 Å². The minimum atomic E-state index is 0.125. The standard InChI is InChI=1S/C10H15.2BrH.Ir/c1-7-6-10(4,5)9(3)8(7)2;;;/h1-5H3;2*1H;/q-1;;;+3/p-2. The Morgan fingerprint density at radius 3 is 1.62 bits per heavy atom. The molecule has 3 heteroatoms. The fourth-order valence-electron chi connectivity index (χ4n) is 1.41. The van der Waals surface area contributed by atoms with Crippen LogP contribution in [-0.4, -0.2) is 0 Å². The molecule has 0 aromatic carbocycles. The number of rotatable bonds is 0. The van der Waals surface area contributed by atoms with Gasteiger partial charge in [0.1, 0.15) is 0 Å². The van der Waals surface area contributed by atoms with E-state index in [1.807, 2.05) is 0 Å². The molecule has 0 atom stereocenters. The van der Waals surface area contributed by atoms with Crippen molar-refractivity contribution in [3.8, 4) is 0 Å². The second-order valence-corrected chi connectivity index (χ2v) is 14.1. The zero-order chi connectivity index (χ0) is 10.6. The summed E-state index contributed by atoms with van der Waals surface area (Å²) in [6.07, 6.45) is 3.44. The molecule has 1 rings (SSSR count). The van der Waals surface area contributed by atoms with Gasteiger partial charge in [-0.15, -0.1) is 6.92 Å². The van der Waals surface area contributed by atoms with E-state index in [9.17, 15) is 0 Å². The van der Waals surface area contributed by atoms with Crippen LogP contribution >= 0.6 is 27.0 Å². The van der Waals surface area contributed by atoms with Crippen LogP contribution in [0.15, 0.2) is 16.7 Å². The van der Waals surface area contributed by atoms with Crippen molar-refractivity contribution in [1.29, 1.82) is 0 Å². The van der Waals surface area contributed by atoms with Crippen LogP contribution in [0.2, 0.25) is 0 Å².